The Morgan fingerprint density at radius 2 is 2.11 bits per heavy atom. The number of ether oxygens (including phenoxy) is 2. The topological polar surface area (TPSA) is 84.9 Å². The van der Waals surface area contributed by atoms with Crippen LogP contribution in [0.4, 0.5) is 0 Å². The van der Waals surface area contributed by atoms with Crippen LogP contribution >= 0.6 is 0 Å². The van der Waals surface area contributed by atoms with E-state index in [2.05, 4.69) is 10.1 Å². The smallest absolute Gasteiger partial charge is 0.328 e. The van der Waals surface area contributed by atoms with E-state index in [-0.39, 0.29) is 6.42 Å². The summed E-state index contributed by atoms with van der Waals surface area (Å²) >= 11 is 0. The predicted molar refractivity (Wildman–Crippen MR) is 67.7 cm³/mol. The molecule has 0 unspecified atom stereocenters. The van der Waals surface area contributed by atoms with E-state index in [0.29, 0.717) is 5.75 Å². The first-order chi connectivity index (χ1) is 9.10. The lowest BCUT2D eigenvalue weighted by Gasteiger charge is -2.16. The molecule has 1 rings (SSSR count). The molecule has 0 heterocycles. The van der Waals surface area contributed by atoms with Crippen molar-refractivity contribution in [2.24, 2.45) is 0 Å². The van der Waals surface area contributed by atoms with Crippen molar-refractivity contribution in [2.75, 3.05) is 20.8 Å². The van der Waals surface area contributed by atoms with Crippen LogP contribution in [0, 0.1) is 0 Å². The van der Waals surface area contributed by atoms with E-state index in [4.69, 9.17) is 9.84 Å². The maximum atomic E-state index is 11.6. The average Bonchev–Trinajstić information content (AvgIpc) is 2.45. The van der Waals surface area contributed by atoms with Gasteiger partial charge in [0.15, 0.2) is 0 Å². The normalized spacial score (nSPS) is 11.5. The fourth-order valence-electron chi connectivity index (χ4n) is 1.61. The Bertz CT molecular complexity index is 446. The molecule has 0 spiro atoms. The van der Waals surface area contributed by atoms with Crippen LogP contribution in [0.1, 0.15) is 5.56 Å². The van der Waals surface area contributed by atoms with E-state index in [1.807, 2.05) is 6.07 Å². The third-order valence-electron chi connectivity index (χ3n) is 2.54. The summed E-state index contributed by atoms with van der Waals surface area (Å²) < 4.78 is 9.70. The lowest BCUT2D eigenvalue weighted by molar-refractivity contribution is -0.145. The van der Waals surface area contributed by atoms with Crippen LogP contribution in [0.3, 0.4) is 0 Å². The SMILES string of the molecule is COC(=O)[C@@H](Cc1cccc(OC)c1)NC(=O)CO. The summed E-state index contributed by atoms with van der Waals surface area (Å²) in [5.74, 6) is -0.530. The molecule has 0 aliphatic heterocycles. The lowest BCUT2D eigenvalue weighted by Crippen LogP contribution is -2.44. The van der Waals surface area contributed by atoms with Crippen LogP contribution in [-0.2, 0) is 20.7 Å². The van der Waals surface area contributed by atoms with Gasteiger partial charge in [-0.05, 0) is 17.7 Å². The van der Waals surface area contributed by atoms with Gasteiger partial charge in [-0.25, -0.2) is 4.79 Å². The van der Waals surface area contributed by atoms with Crippen molar-refractivity contribution >= 4 is 11.9 Å². The van der Waals surface area contributed by atoms with Gasteiger partial charge in [-0.2, -0.15) is 0 Å². The van der Waals surface area contributed by atoms with E-state index in [1.165, 1.54) is 7.11 Å². The van der Waals surface area contributed by atoms with Gasteiger partial charge in [0.05, 0.1) is 14.2 Å². The standard InChI is InChI=1S/C13H17NO5/c1-18-10-5-3-4-9(6-10)7-11(13(17)19-2)14-12(16)8-15/h3-6,11,15H,7-8H2,1-2H3,(H,14,16)/t11-/m1/s1. The molecule has 0 saturated heterocycles. The molecular formula is C13H17NO5. The second kappa shape index (κ2) is 7.38. The summed E-state index contributed by atoms with van der Waals surface area (Å²) in [6.07, 6.45) is 0.260. The second-order valence-corrected chi connectivity index (χ2v) is 3.86. The number of esters is 1. The quantitative estimate of drug-likeness (QED) is 0.702. The Kier molecular flexibility index (Phi) is 5.81. The number of carbonyl (C=O) groups is 2. The number of rotatable bonds is 6. The first-order valence-corrected chi connectivity index (χ1v) is 5.71. The molecule has 1 aromatic carbocycles. The van der Waals surface area contributed by atoms with Crippen LogP contribution in [-0.4, -0.2) is 43.9 Å². The Labute approximate surface area is 111 Å². The van der Waals surface area contributed by atoms with E-state index < -0.39 is 24.5 Å². The van der Waals surface area contributed by atoms with Crippen molar-refractivity contribution in [3.63, 3.8) is 0 Å². The molecule has 0 saturated carbocycles. The fourth-order valence-corrected chi connectivity index (χ4v) is 1.61. The molecule has 1 aromatic rings. The van der Waals surface area contributed by atoms with Gasteiger partial charge < -0.3 is 19.9 Å². The number of carbonyl (C=O) groups excluding carboxylic acids is 2. The molecule has 0 aliphatic carbocycles. The molecule has 1 amide bonds. The zero-order valence-corrected chi connectivity index (χ0v) is 10.9. The highest BCUT2D eigenvalue weighted by atomic mass is 16.5. The number of aliphatic hydroxyl groups is 1. The van der Waals surface area contributed by atoms with Gasteiger partial charge in [-0.3, -0.25) is 4.79 Å². The number of aliphatic hydroxyl groups excluding tert-OH is 1. The van der Waals surface area contributed by atoms with Crippen molar-refractivity contribution in [1.29, 1.82) is 0 Å². The number of hydrogen-bond acceptors (Lipinski definition) is 5. The lowest BCUT2D eigenvalue weighted by atomic mass is 10.1. The predicted octanol–water partition coefficient (Wildman–Crippen LogP) is -0.112. The van der Waals surface area contributed by atoms with Crippen molar-refractivity contribution < 1.29 is 24.2 Å². The van der Waals surface area contributed by atoms with Crippen LogP contribution < -0.4 is 10.1 Å². The largest absolute Gasteiger partial charge is 0.497 e. The minimum atomic E-state index is -0.836. The van der Waals surface area contributed by atoms with Crippen LogP contribution in [0.25, 0.3) is 0 Å². The minimum Gasteiger partial charge on any atom is -0.497 e. The summed E-state index contributed by atoms with van der Waals surface area (Å²) in [6, 6.07) is 6.31. The first-order valence-electron chi connectivity index (χ1n) is 5.71. The van der Waals surface area contributed by atoms with Gasteiger partial charge in [0.25, 0.3) is 0 Å². The zero-order chi connectivity index (χ0) is 14.3. The Morgan fingerprint density at radius 3 is 2.68 bits per heavy atom. The van der Waals surface area contributed by atoms with Crippen LogP contribution in [0.15, 0.2) is 24.3 Å². The summed E-state index contributed by atoms with van der Waals surface area (Å²) in [5, 5.41) is 11.1. The summed E-state index contributed by atoms with van der Waals surface area (Å²) in [6.45, 7) is -0.675. The number of amides is 1. The van der Waals surface area contributed by atoms with E-state index in [0.717, 1.165) is 5.56 Å². The number of methoxy groups -OCH3 is 2. The highest BCUT2D eigenvalue weighted by Crippen LogP contribution is 2.14. The minimum absolute atomic E-state index is 0.260. The molecule has 0 radical (unpaired) electrons. The van der Waals surface area contributed by atoms with Gasteiger partial charge >= 0.3 is 5.97 Å². The molecule has 104 valence electrons. The highest BCUT2D eigenvalue weighted by molar-refractivity contribution is 5.85. The number of benzene rings is 1. The maximum Gasteiger partial charge on any atom is 0.328 e. The molecule has 0 aromatic heterocycles. The third kappa shape index (κ3) is 4.59. The van der Waals surface area contributed by atoms with E-state index >= 15 is 0 Å². The zero-order valence-electron chi connectivity index (χ0n) is 10.9. The molecule has 0 bridgehead atoms. The van der Waals surface area contributed by atoms with Gasteiger partial charge in [0.1, 0.15) is 18.4 Å². The van der Waals surface area contributed by atoms with Gasteiger partial charge in [-0.1, -0.05) is 12.1 Å². The van der Waals surface area contributed by atoms with Crippen LogP contribution in [0.2, 0.25) is 0 Å². The molecule has 1 atom stereocenters. The van der Waals surface area contributed by atoms with Crippen molar-refractivity contribution in [3.8, 4) is 5.75 Å². The monoisotopic (exact) mass is 267 g/mol. The van der Waals surface area contributed by atoms with Crippen molar-refractivity contribution in [1.82, 2.24) is 5.32 Å². The Hall–Kier alpha value is -2.08. The third-order valence-corrected chi connectivity index (χ3v) is 2.54. The molecule has 0 fully saturated rings. The number of hydrogen-bond donors (Lipinski definition) is 2. The summed E-state index contributed by atoms with van der Waals surface area (Å²) in [5.41, 5.74) is 0.813. The van der Waals surface area contributed by atoms with Crippen molar-refractivity contribution in [2.45, 2.75) is 12.5 Å². The fraction of sp³-hybridized carbons (Fsp3) is 0.385. The molecule has 0 aliphatic rings. The second-order valence-electron chi connectivity index (χ2n) is 3.86. The Morgan fingerprint density at radius 1 is 1.37 bits per heavy atom. The molecule has 6 nitrogen and oxygen atoms in total. The van der Waals surface area contributed by atoms with E-state index in [1.54, 1.807) is 25.3 Å². The van der Waals surface area contributed by atoms with E-state index in [9.17, 15) is 9.59 Å². The highest BCUT2D eigenvalue weighted by Gasteiger charge is 2.21. The summed E-state index contributed by atoms with van der Waals surface area (Å²) in [4.78, 5) is 22.7. The van der Waals surface area contributed by atoms with Crippen molar-refractivity contribution in [3.05, 3.63) is 29.8 Å². The summed E-state index contributed by atoms with van der Waals surface area (Å²) in [7, 11) is 2.79. The van der Waals surface area contributed by atoms with Crippen LogP contribution in [0.5, 0.6) is 5.75 Å². The van der Waals surface area contributed by atoms with Gasteiger partial charge in [0, 0.05) is 6.42 Å². The number of nitrogens with one attached hydrogen (secondary N) is 1. The Balaban J connectivity index is 2.80. The maximum absolute atomic E-state index is 11.6. The molecular weight excluding hydrogens is 250 g/mol. The first kappa shape index (κ1) is 15.0. The average molecular weight is 267 g/mol. The van der Waals surface area contributed by atoms with Gasteiger partial charge in [-0.15, -0.1) is 0 Å². The van der Waals surface area contributed by atoms with Gasteiger partial charge in [0.2, 0.25) is 5.91 Å². The molecule has 19 heavy (non-hydrogen) atoms. The molecule has 2 N–H and O–H groups in total. The molecule has 6 heteroatoms.